The molecule has 0 spiro atoms. The highest BCUT2D eigenvalue weighted by Gasteiger charge is 2.38. The number of nitrogens with two attached hydrogens (primary N) is 1. The van der Waals surface area contributed by atoms with E-state index in [2.05, 4.69) is 15.2 Å². The van der Waals surface area contributed by atoms with Gasteiger partial charge in [0.25, 0.3) is 6.08 Å². The largest absolute Gasteiger partial charge is 0.490 e. The van der Waals surface area contributed by atoms with Crippen LogP contribution in [-0.4, -0.2) is 43.5 Å². The number of aromatic nitrogens is 4. The number of carboxylic acid groups (broad SMARTS) is 1. The van der Waals surface area contributed by atoms with Crippen LogP contribution in [0.5, 0.6) is 0 Å². The maximum Gasteiger partial charge on any atom is 0.490 e. The van der Waals surface area contributed by atoms with Crippen molar-refractivity contribution in [2.75, 3.05) is 6.54 Å². The van der Waals surface area contributed by atoms with Crippen LogP contribution in [0.2, 0.25) is 0 Å². The Balaban J connectivity index is 0.000000604. The Labute approximate surface area is 199 Å². The van der Waals surface area contributed by atoms with Crippen molar-refractivity contribution in [3.63, 3.8) is 0 Å². The van der Waals surface area contributed by atoms with Gasteiger partial charge in [-0.3, -0.25) is 4.98 Å². The Bertz CT molecular complexity index is 1340. The number of aliphatic carboxylic acids is 1. The summed E-state index contributed by atoms with van der Waals surface area (Å²) in [6.07, 6.45) is -11.3. The molecule has 0 aliphatic heterocycles. The Morgan fingerprint density at radius 3 is 2.08 bits per heavy atom. The predicted octanol–water partition coefficient (Wildman–Crippen LogP) is 4.07. The number of carboxylic acids is 1. The van der Waals surface area contributed by atoms with E-state index in [9.17, 15) is 44.3 Å². The van der Waals surface area contributed by atoms with Gasteiger partial charge in [-0.1, -0.05) is 12.1 Å². The van der Waals surface area contributed by atoms with Crippen molar-refractivity contribution >= 4 is 5.97 Å². The average Bonchev–Trinajstić information content (AvgIpc) is 3.16. The fraction of sp³-hybridized carbons (Fsp3) is 0.200. The lowest BCUT2D eigenvalue weighted by Gasteiger charge is -2.10. The average molecular weight is 543 g/mol. The van der Waals surface area contributed by atoms with Crippen molar-refractivity contribution < 1.29 is 49.4 Å². The van der Waals surface area contributed by atoms with Gasteiger partial charge in [0.15, 0.2) is 0 Å². The second kappa shape index (κ2) is 11.3. The molecule has 200 valence electrons. The molecule has 0 atom stereocenters. The Hall–Kier alpha value is -4.15. The molecule has 2 aromatic heterocycles. The number of hydrogen-bond donors (Lipinski definition) is 3. The lowest BCUT2D eigenvalue weighted by atomic mass is 10.1. The van der Waals surface area contributed by atoms with Crippen molar-refractivity contribution in [2.24, 2.45) is 5.73 Å². The molecule has 3 rings (SSSR count). The molecule has 8 nitrogen and oxygen atoms in total. The summed E-state index contributed by atoms with van der Waals surface area (Å²) < 4.78 is 111. The van der Waals surface area contributed by atoms with Crippen LogP contribution in [0, 0.1) is 5.82 Å². The number of halogens is 9. The van der Waals surface area contributed by atoms with Gasteiger partial charge in [-0.15, -0.1) is 0 Å². The zero-order valence-corrected chi connectivity index (χ0v) is 18.0. The molecule has 0 unspecified atom stereocenters. The van der Waals surface area contributed by atoms with Crippen LogP contribution in [0.4, 0.5) is 39.5 Å². The third-order valence-electron chi connectivity index (χ3n) is 4.45. The topological polar surface area (TPSA) is 127 Å². The quantitative estimate of drug-likeness (QED) is 0.417. The number of carbonyl (C=O) groups is 1. The van der Waals surface area contributed by atoms with Crippen molar-refractivity contribution in [1.29, 1.82) is 0 Å². The molecule has 17 heteroatoms. The molecule has 0 radical (unpaired) electrons. The molecule has 0 bridgehead atoms. The van der Waals surface area contributed by atoms with E-state index in [0.717, 1.165) is 29.0 Å². The van der Waals surface area contributed by atoms with Crippen LogP contribution in [0.25, 0.3) is 16.8 Å². The number of pyridine rings is 1. The molecule has 0 aliphatic carbocycles. The first kappa shape index (κ1) is 29.1. The standard InChI is InChI=1S/C18H13F6N5O.C2HF3O2/c19-12-5-9(10-2-4-14(26-8-10)18(22,23)24)1-3-13(12)29-15(27-28-17(29)30)6-11(7-25)16(20)21;3-2(4,5)1(6)7/h1-5,8H,6-7,25H2,(H,28,30);(H,6,7). The second-order valence-corrected chi connectivity index (χ2v) is 6.92. The summed E-state index contributed by atoms with van der Waals surface area (Å²) in [4.78, 5) is 24.3. The van der Waals surface area contributed by atoms with Crippen LogP contribution >= 0.6 is 0 Å². The van der Waals surface area contributed by atoms with E-state index < -0.39 is 60.1 Å². The molecule has 4 N–H and O–H groups in total. The van der Waals surface area contributed by atoms with Gasteiger partial charge < -0.3 is 10.8 Å². The molecule has 0 amide bonds. The number of H-pyrrole nitrogens is 1. The Morgan fingerprint density at radius 1 is 1.05 bits per heavy atom. The minimum absolute atomic E-state index is 0.184. The van der Waals surface area contributed by atoms with Crippen LogP contribution in [0.3, 0.4) is 0 Å². The summed E-state index contributed by atoms with van der Waals surface area (Å²) in [5.41, 5.74) is 2.97. The maximum absolute atomic E-state index is 14.7. The normalized spacial score (nSPS) is 11.5. The molecule has 2 heterocycles. The summed E-state index contributed by atoms with van der Waals surface area (Å²) in [6, 6.07) is 5.40. The third-order valence-corrected chi connectivity index (χ3v) is 4.45. The van der Waals surface area contributed by atoms with E-state index in [4.69, 9.17) is 15.6 Å². The van der Waals surface area contributed by atoms with Crippen LogP contribution in [0.1, 0.15) is 11.5 Å². The summed E-state index contributed by atoms with van der Waals surface area (Å²) in [5, 5.41) is 12.8. The zero-order valence-electron chi connectivity index (χ0n) is 18.0. The summed E-state index contributed by atoms with van der Waals surface area (Å²) in [6.45, 7) is -0.480. The molecule has 37 heavy (non-hydrogen) atoms. The van der Waals surface area contributed by atoms with Crippen LogP contribution in [-0.2, 0) is 17.4 Å². The van der Waals surface area contributed by atoms with Gasteiger partial charge in [0.05, 0.1) is 5.69 Å². The maximum atomic E-state index is 14.7. The van der Waals surface area contributed by atoms with E-state index in [1.807, 2.05) is 0 Å². The van der Waals surface area contributed by atoms with E-state index >= 15 is 0 Å². The monoisotopic (exact) mass is 543 g/mol. The van der Waals surface area contributed by atoms with Gasteiger partial charge >= 0.3 is 24.0 Å². The highest BCUT2D eigenvalue weighted by molar-refractivity contribution is 5.73. The van der Waals surface area contributed by atoms with E-state index in [1.54, 1.807) is 0 Å². The van der Waals surface area contributed by atoms with Gasteiger partial charge in [-0.25, -0.2) is 23.6 Å². The first-order chi connectivity index (χ1) is 17.1. The SMILES string of the molecule is NCC(Cc1n[nH]c(=O)n1-c1ccc(-c2ccc(C(F)(F)F)nc2)cc1F)=C(F)F.O=C(O)C(F)(F)F. The molecule has 3 aromatic rings. The Kier molecular flexibility index (Phi) is 8.86. The van der Waals surface area contributed by atoms with Crippen LogP contribution < -0.4 is 11.4 Å². The molecule has 0 aliphatic rings. The molecular weight excluding hydrogens is 529 g/mol. The van der Waals surface area contributed by atoms with Crippen molar-refractivity contribution in [2.45, 2.75) is 18.8 Å². The summed E-state index contributed by atoms with van der Waals surface area (Å²) in [7, 11) is 0. The van der Waals surface area contributed by atoms with E-state index in [1.165, 1.54) is 12.1 Å². The highest BCUT2D eigenvalue weighted by Crippen LogP contribution is 2.30. The lowest BCUT2D eigenvalue weighted by Crippen LogP contribution is -2.21. The van der Waals surface area contributed by atoms with Gasteiger partial charge in [0.1, 0.15) is 17.3 Å². The Morgan fingerprint density at radius 2 is 1.65 bits per heavy atom. The first-order valence-electron chi connectivity index (χ1n) is 9.59. The fourth-order valence-electron chi connectivity index (χ4n) is 2.70. The number of hydrogen-bond acceptors (Lipinski definition) is 5. The second-order valence-electron chi connectivity index (χ2n) is 6.92. The van der Waals surface area contributed by atoms with Crippen molar-refractivity contribution in [1.82, 2.24) is 19.7 Å². The van der Waals surface area contributed by atoms with E-state index in [-0.39, 0.29) is 22.6 Å². The van der Waals surface area contributed by atoms with Gasteiger partial charge in [0.2, 0.25) is 0 Å². The minimum atomic E-state index is -5.08. The van der Waals surface area contributed by atoms with Gasteiger partial charge in [0, 0.05) is 30.3 Å². The van der Waals surface area contributed by atoms with Gasteiger partial charge in [-0.2, -0.15) is 40.2 Å². The molecular formula is C20H14F9N5O3. The number of benzene rings is 1. The number of alkyl halides is 6. The first-order valence-corrected chi connectivity index (χ1v) is 9.59. The van der Waals surface area contributed by atoms with Crippen molar-refractivity contribution in [3.8, 4) is 16.8 Å². The third kappa shape index (κ3) is 7.42. The van der Waals surface area contributed by atoms with E-state index in [0.29, 0.717) is 0 Å². The molecule has 0 fully saturated rings. The minimum Gasteiger partial charge on any atom is -0.475 e. The summed E-state index contributed by atoms with van der Waals surface area (Å²) >= 11 is 0. The van der Waals surface area contributed by atoms with Crippen molar-refractivity contribution in [3.05, 3.63) is 76.0 Å². The number of nitrogens with one attached hydrogen (secondary N) is 1. The lowest BCUT2D eigenvalue weighted by molar-refractivity contribution is -0.192. The summed E-state index contributed by atoms with van der Waals surface area (Å²) in [5.74, 6) is -3.86. The molecule has 0 saturated carbocycles. The number of nitrogens with zero attached hydrogens (tertiary/aromatic N) is 3. The molecule has 1 aromatic carbocycles. The van der Waals surface area contributed by atoms with Crippen LogP contribution in [0.15, 0.2) is 53.0 Å². The zero-order chi connectivity index (χ0) is 28.1. The number of aromatic amines is 1. The molecule has 0 saturated heterocycles. The fourth-order valence-corrected chi connectivity index (χ4v) is 2.70. The predicted molar refractivity (Wildman–Crippen MR) is 108 cm³/mol. The highest BCUT2D eigenvalue weighted by atomic mass is 19.4. The van der Waals surface area contributed by atoms with Gasteiger partial charge in [-0.05, 0) is 23.8 Å². The number of rotatable bonds is 5. The smallest absolute Gasteiger partial charge is 0.475 e.